The number of nitrogens with zero attached hydrogens (tertiary/aromatic N) is 1. The van der Waals surface area contributed by atoms with Crippen LogP contribution in [0, 0.1) is 0 Å². The molecule has 3 rings (SSSR count). The molecule has 0 unspecified atom stereocenters. The summed E-state index contributed by atoms with van der Waals surface area (Å²) in [5.41, 5.74) is 0.996. The van der Waals surface area contributed by atoms with E-state index in [0.717, 1.165) is 25.9 Å². The Kier molecular flexibility index (Phi) is 5.88. The lowest BCUT2D eigenvalue weighted by molar-refractivity contribution is -0.117. The summed E-state index contributed by atoms with van der Waals surface area (Å²) in [4.78, 5) is 26.9. The van der Waals surface area contributed by atoms with Gasteiger partial charge in [-0.25, -0.2) is 4.79 Å². The van der Waals surface area contributed by atoms with Crippen molar-refractivity contribution in [2.75, 3.05) is 31.6 Å². The molecule has 0 atom stereocenters. The third-order valence-corrected chi connectivity index (χ3v) is 5.02. The van der Waals surface area contributed by atoms with E-state index in [-0.39, 0.29) is 12.5 Å². The molecule has 1 aliphatic rings. The number of rotatable bonds is 6. The second-order valence-corrected chi connectivity index (χ2v) is 6.82. The number of hydrogen-bond donors (Lipinski definition) is 1. The molecule has 0 saturated carbocycles. The van der Waals surface area contributed by atoms with Gasteiger partial charge in [0.25, 0.3) is 0 Å². The summed E-state index contributed by atoms with van der Waals surface area (Å²) < 4.78 is 10.6. The Morgan fingerprint density at radius 1 is 1.32 bits per heavy atom. The Morgan fingerprint density at radius 3 is 2.80 bits per heavy atom. The van der Waals surface area contributed by atoms with Crippen LogP contribution in [0.2, 0.25) is 0 Å². The van der Waals surface area contributed by atoms with Crippen molar-refractivity contribution < 1.29 is 18.7 Å². The molecule has 7 heteroatoms. The standard InChI is InChI=1S/C18H22N2O4S/c1-2-23-18(22)16-13(14-7-6-10-24-14)12-25-17(16)19-15(21)11-20-8-4-3-5-9-20/h6-7,10,12H,2-5,8-9,11H2,1H3,(H,19,21). The minimum atomic E-state index is -0.455. The Bertz CT molecular complexity index is 718. The Labute approximate surface area is 150 Å². The van der Waals surface area contributed by atoms with E-state index in [1.54, 1.807) is 25.3 Å². The Morgan fingerprint density at radius 2 is 2.12 bits per heavy atom. The molecule has 134 valence electrons. The quantitative estimate of drug-likeness (QED) is 0.795. The van der Waals surface area contributed by atoms with Crippen molar-refractivity contribution in [1.29, 1.82) is 0 Å². The molecule has 0 bridgehead atoms. The predicted octanol–water partition coefficient (Wildman–Crippen LogP) is 3.61. The van der Waals surface area contributed by atoms with Gasteiger partial charge in [0.2, 0.25) is 5.91 Å². The van der Waals surface area contributed by atoms with E-state index >= 15 is 0 Å². The van der Waals surface area contributed by atoms with Gasteiger partial charge < -0.3 is 14.5 Å². The van der Waals surface area contributed by atoms with Crippen LogP contribution in [0.3, 0.4) is 0 Å². The smallest absolute Gasteiger partial charge is 0.341 e. The number of furan rings is 1. The van der Waals surface area contributed by atoms with Gasteiger partial charge in [-0.15, -0.1) is 11.3 Å². The van der Waals surface area contributed by atoms with Crippen LogP contribution in [0.1, 0.15) is 36.5 Å². The Balaban J connectivity index is 1.78. The van der Waals surface area contributed by atoms with Crippen LogP contribution >= 0.6 is 11.3 Å². The average molecular weight is 362 g/mol. The zero-order valence-corrected chi connectivity index (χ0v) is 15.1. The van der Waals surface area contributed by atoms with Crippen molar-refractivity contribution in [1.82, 2.24) is 4.90 Å². The van der Waals surface area contributed by atoms with Crippen LogP contribution in [0.5, 0.6) is 0 Å². The molecule has 1 fully saturated rings. The minimum absolute atomic E-state index is 0.111. The lowest BCUT2D eigenvalue weighted by Crippen LogP contribution is -2.36. The highest BCUT2D eigenvalue weighted by molar-refractivity contribution is 7.15. The topological polar surface area (TPSA) is 71.8 Å². The lowest BCUT2D eigenvalue weighted by Gasteiger charge is -2.25. The van der Waals surface area contributed by atoms with Gasteiger partial charge in [0.1, 0.15) is 16.3 Å². The number of anilines is 1. The summed E-state index contributed by atoms with van der Waals surface area (Å²) in [7, 11) is 0. The molecule has 0 spiro atoms. The molecule has 3 heterocycles. The molecule has 6 nitrogen and oxygen atoms in total. The SMILES string of the molecule is CCOC(=O)c1c(-c2ccco2)csc1NC(=O)CN1CCCCC1. The van der Waals surface area contributed by atoms with Gasteiger partial charge in [-0.2, -0.15) is 0 Å². The number of hydrogen-bond acceptors (Lipinski definition) is 6. The third-order valence-electron chi connectivity index (χ3n) is 4.13. The highest BCUT2D eigenvalue weighted by atomic mass is 32.1. The molecule has 0 aromatic carbocycles. The number of ether oxygens (including phenoxy) is 1. The zero-order chi connectivity index (χ0) is 17.6. The fraction of sp³-hybridized carbons (Fsp3) is 0.444. The second kappa shape index (κ2) is 8.31. The fourth-order valence-electron chi connectivity index (χ4n) is 2.96. The summed E-state index contributed by atoms with van der Waals surface area (Å²) in [6.45, 7) is 4.26. The fourth-order valence-corrected chi connectivity index (χ4v) is 3.91. The third kappa shape index (κ3) is 4.29. The van der Waals surface area contributed by atoms with Crippen LogP contribution in [-0.4, -0.2) is 43.0 Å². The van der Waals surface area contributed by atoms with Gasteiger partial charge >= 0.3 is 5.97 Å². The number of likely N-dealkylation sites (tertiary alicyclic amines) is 1. The molecule has 2 aromatic rings. The van der Waals surface area contributed by atoms with Crippen LogP contribution in [0.4, 0.5) is 5.00 Å². The van der Waals surface area contributed by atoms with E-state index in [9.17, 15) is 9.59 Å². The highest BCUT2D eigenvalue weighted by Gasteiger charge is 2.24. The van der Waals surface area contributed by atoms with Gasteiger partial charge in [0.05, 0.1) is 19.4 Å². The number of amides is 1. The molecule has 0 aliphatic carbocycles. The molecule has 2 aromatic heterocycles. The maximum Gasteiger partial charge on any atom is 0.341 e. The molecule has 1 aliphatic heterocycles. The van der Waals surface area contributed by atoms with Crippen LogP contribution < -0.4 is 5.32 Å². The first-order valence-corrected chi connectivity index (χ1v) is 9.41. The van der Waals surface area contributed by atoms with E-state index in [2.05, 4.69) is 10.2 Å². The summed E-state index contributed by atoms with van der Waals surface area (Å²) >= 11 is 1.31. The van der Waals surface area contributed by atoms with Gasteiger partial charge in [-0.05, 0) is 45.0 Å². The normalized spacial score (nSPS) is 15.1. The minimum Gasteiger partial charge on any atom is -0.464 e. The van der Waals surface area contributed by atoms with Crippen molar-refractivity contribution >= 4 is 28.2 Å². The number of thiophene rings is 1. The number of esters is 1. The molecule has 1 amide bonds. The van der Waals surface area contributed by atoms with Crippen LogP contribution in [0.25, 0.3) is 11.3 Å². The maximum absolute atomic E-state index is 12.4. The number of nitrogens with one attached hydrogen (secondary N) is 1. The molecule has 25 heavy (non-hydrogen) atoms. The van der Waals surface area contributed by atoms with E-state index < -0.39 is 5.97 Å². The van der Waals surface area contributed by atoms with E-state index in [4.69, 9.17) is 9.15 Å². The monoisotopic (exact) mass is 362 g/mol. The summed E-state index contributed by atoms with van der Waals surface area (Å²) in [6, 6.07) is 3.54. The van der Waals surface area contributed by atoms with E-state index in [0.29, 0.717) is 28.4 Å². The average Bonchev–Trinajstić information content (AvgIpc) is 3.25. The van der Waals surface area contributed by atoms with Gasteiger partial charge in [0.15, 0.2) is 0 Å². The summed E-state index contributed by atoms with van der Waals surface area (Å²) in [6.07, 6.45) is 5.03. The molecular formula is C18H22N2O4S. The second-order valence-electron chi connectivity index (χ2n) is 5.94. The van der Waals surface area contributed by atoms with Gasteiger partial charge in [0, 0.05) is 10.9 Å². The largest absolute Gasteiger partial charge is 0.464 e. The zero-order valence-electron chi connectivity index (χ0n) is 14.2. The maximum atomic E-state index is 12.4. The molecule has 0 radical (unpaired) electrons. The van der Waals surface area contributed by atoms with E-state index in [1.807, 2.05) is 5.38 Å². The van der Waals surface area contributed by atoms with Crippen LogP contribution in [-0.2, 0) is 9.53 Å². The lowest BCUT2D eigenvalue weighted by atomic mass is 10.1. The van der Waals surface area contributed by atoms with Gasteiger partial charge in [-0.3, -0.25) is 9.69 Å². The van der Waals surface area contributed by atoms with Crippen molar-refractivity contribution in [2.24, 2.45) is 0 Å². The van der Waals surface area contributed by atoms with Crippen LogP contribution in [0.15, 0.2) is 28.2 Å². The van der Waals surface area contributed by atoms with Crippen molar-refractivity contribution in [2.45, 2.75) is 26.2 Å². The molecular weight excluding hydrogens is 340 g/mol. The molecule has 1 saturated heterocycles. The highest BCUT2D eigenvalue weighted by Crippen LogP contribution is 2.36. The number of carbonyl (C=O) groups is 2. The van der Waals surface area contributed by atoms with Gasteiger partial charge in [-0.1, -0.05) is 6.42 Å². The van der Waals surface area contributed by atoms with E-state index in [1.165, 1.54) is 17.8 Å². The first-order chi connectivity index (χ1) is 12.2. The number of carbonyl (C=O) groups excluding carboxylic acids is 2. The summed E-state index contributed by atoms with van der Waals surface area (Å²) in [5, 5.41) is 5.19. The van der Waals surface area contributed by atoms with Crippen molar-refractivity contribution in [3.05, 3.63) is 29.3 Å². The van der Waals surface area contributed by atoms with Crippen molar-refractivity contribution in [3.63, 3.8) is 0 Å². The predicted molar refractivity (Wildman–Crippen MR) is 96.9 cm³/mol. The summed E-state index contributed by atoms with van der Waals surface area (Å²) in [5.74, 6) is 0.0135. The first kappa shape index (κ1) is 17.7. The first-order valence-electron chi connectivity index (χ1n) is 8.53. The number of piperidine rings is 1. The Hall–Kier alpha value is -2.12. The van der Waals surface area contributed by atoms with Crippen molar-refractivity contribution in [3.8, 4) is 11.3 Å². The molecule has 1 N–H and O–H groups in total.